The number of nitrogens with zero attached hydrogens (tertiary/aromatic N) is 4. The number of para-hydroxylation sites is 1. The second-order valence-electron chi connectivity index (χ2n) is 8.64. The van der Waals surface area contributed by atoms with Gasteiger partial charge in [-0.25, -0.2) is 0 Å². The third-order valence-corrected chi connectivity index (χ3v) is 6.77. The average Bonchev–Trinajstić information content (AvgIpc) is 3.36. The van der Waals surface area contributed by atoms with Crippen LogP contribution in [-0.4, -0.2) is 50.8 Å². The topological polar surface area (TPSA) is 72.2 Å². The molecule has 0 radical (unpaired) electrons. The van der Waals surface area contributed by atoms with Gasteiger partial charge in [0, 0.05) is 42.3 Å². The van der Waals surface area contributed by atoms with Gasteiger partial charge in [-0.05, 0) is 58.3 Å². The van der Waals surface area contributed by atoms with Crippen molar-refractivity contribution >= 4 is 16.7 Å². The number of likely N-dealkylation sites (N-methyl/N-ethyl adjacent to an activating group) is 1. The van der Waals surface area contributed by atoms with Crippen LogP contribution in [0.25, 0.3) is 16.5 Å². The summed E-state index contributed by atoms with van der Waals surface area (Å²) in [7, 11) is 0. The smallest absolute Gasteiger partial charge is 0.281 e. The Bertz CT molecular complexity index is 1150. The van der Waals surface area contributed by atoms with Crippen molar-refractivity contribution in [2.24, 2.45) is 0 Å². The number of aromatic nitrogens is 3. The zero-order chi connectivity index (χ0) is 22.7. The van der Waals surface area contributed by atoms with Crippen LogP contribution in [0.1, 0.15) is 44.0 Å². The predicted molar refractivity (Wildman–Crippen MR) is 127 cm³/mol. The molecule has 7 nitrogen and oxygen atoms in total. The number of hydrogen-bond donors (Lipinski definition) is 1. The summed E-state index contributed by atoms with van der Waals surface area (Å²) in [6.45, 7) is 9.79. The van der Waals surface area contributed by atoms with Gasteiger partial charge in [0.1, 0.15) is 0 Å². The normalized spacial score (nSPS) is 16.7. The average molecular weight is 436 g/mol. The maximum absolute atomic E-state index is 13.2. The van der Waals surface area contributed by atoms with Crippen LogP contribution < -0.4 is 10.9 Å². The molecule has 0 spiro atoms. The van der Waals surface area contributed by atoms with E-state index in [-0.39, 0.29) is 11.5 Å². The summed E-state index contributed by atoms with van der Waals surface area (Å²) in [4.78, 5) is 28.0. The van der Waals surface area contributed by atoms with Crippen molar-refractivity contribution < 1.29 is 4.79 Å². The number of amides is 1. The molecule has 170 valence electrons. The Morgan fingerprint density at radius 1 is 1.19 bits per heavy atom. The first-order chi connectivity index (χ1) is 15.5. The summed E-state index contributed by atoms with van der Waals surface area (Å²) in [5, 5.41) is 9.09. The number of carbonyl (C=O) groups excluding carboxylic acids is 1. The molecule has 1 N–H and O–H groups in total. The summed E-state index contributed by atoms with van der Waals surface area (Å²) >= 11 is 0. The van der Waals surface area contributed by atoms with Gasteiger partial charge in [0.25, 0.3) is 5.56 Å². The van der Waals surface area contributed by atoms with Crippen molar-refractivity contribution in [3.8, 4) is 5.69 Å². The van der Waals surface area contributed by atoms with Crippen LogP contribution in [0, 0.1) is 13.8 Å². The van der Waals surface area contributed by atoms with Crippen LogP contribution in [0.2, 0.25) is 0 Å². The number of benzene rings is 1. The molecule has 2 aromatic heterocycles. The fraction of sp³-hybridized carbons (Fsp3) is 0.480. The molecule has 0 unspecified atom stereocenters. The number of fused-ring (bicyclic) bond motifs is 1. The molecule has 0 aliphatic carbocycles. The summed E-state index contributed by atoms with van der Waals surface area (Å²) in [5.74, 6) is 0.105. The van der Waals surface area contributed by atoms with Gasteiger partial charge in [0.15, 0.2) is 0 Å². The summed E-state index contributed by atoms with van der Waals surface area (Å²) in [5.41, 5.74) is 2.60. The van der Waals surface area contributed by atoms with Crippen molar-refractivity contribution in [3.63, 3.8) is 0 Å². The van der Waals surface area contributed by atoms with E-state index in [0.29, 0.717) is 24.4 Å². The molecular weight excluding hydrogens is 402 g/mol. The zero-order valence-corrected chi connectivity index (χ0v) is 19.3. The molecule has 1 aromatic carbocycles. The number of carbonyl (C=O) groups is 1. The first-order valence-electron chi connectivity index (χ1n) is 11.6. The molecule has 1 fully saturated rings. The van der Waals surface area contributed by atoms with Crippen molar-refractivity contribution in [3.05, 3.63) is 58.3 Å². The van der Waals surface area contributed by atoms with Gasteiger partial charge in [0.2, 0.25) is 5.91 Å². The number of rotatable bonds is 8. The minimum Gasteiger partial charge on any atom is -0.355 e. The lowest BCUT2D eigenvalue weighted by molar-refractivity contribution is -0.121. The Kier molecular flexibility index (Phi) is 6.74. The van der Waals surface area contributed by atoms with E-state index in [1.54, 1.807) is 6.20 Å². The fourth-order valence-electron chi connectivity index (χ4n) is 4.96. The lowest BCUT2D eigenvalue weighted by Crippen LogP contribution is -2.40. The van der Waals surface area contributed by atoms with Crippen LogP contribution in [0.3, 0.4) is 0 Å². The zero-order valence-electron chi connectivity index (χ0n) is 19.3. The standard InChI is InChI=1S/C25H33N5O2/c1-4-28-14-8-12-21(28)16-26-23(31)13-9-15-29-18(2)22-17-27-30(20-10-6-5-7-11-20)25(32)24(22)19(29)3/h5-7,10-11,17,21H,4,8-9,12-16H2,1-3H3,(H,26,31)/t21-/m1/s1. The van der Waals surface area contributed by atoms with E-state index in [0.717, 1.165) is 54.9 Å². The van der Waals surface area contributed by atoms with Crippen LogP contribution in [0.15, 0.2) is 41.3 Å². The maximum atomic E-state index is 13.2. The van der Waals surface area contributed by atoms with E-state index in [1.807, 2.05) is 44.2 Å². The first-order valence-corrected chi connectivity index (χ1v) is 11.6. The third-order valence-electron chi connectivity index (χ3n) is 6.77. The van der Waals surface area contributed by atoms with Gasteiger partial charge in [-0.1, -0.05) is 25.1 Å². The highest BCUT2D eigenvalue weighted by Gasteiger charge is 2.23. The monoisotopic (exact) mass is 435 g/mol. The maximum Gasteiger partial charge on any atom is 0.281 e. The van der Waals surface area contributed by atoms with Crippen molar-refractivity contribution in [1.29, 1.82) is 0 Å². The Labute approximate surface area is 189 Å². The molecule has 7 heteroatoms. The predicted octanol–water partition coefficient (Wildman–Crippen LogP) is 3.18. The molecule has 0 saturated carbocycles. The largest absolute Gasteiger partial charge is 0.355 e. The van der Waals surface area contributed by atoms with Gasteiger partial charge < -0.3 is 9.88 Å². The van der Waals surface area contributed by atoms with E-state index in [4.69, 9.17) is 0 Å². The highest BCUT2D eigenvalue weighted by molar-refractivity contribution is 5.87. The number of likely N-dealkylation sites (tertiary alicyclic amines) is 1. The molecule has 3 heterocycles. The van der Waals surface area contributed by atoms with Gasteiger partial charge in [-0.2, -0.15) is 9.78 Å². The first kappa shape index (κ1) is 22.3. The third kappa shape index (κ3) is 4.35. The number of aryl methyl sites for hydroxylation is 2. The molecule has 1 aliphatic rings. The summed E-state index contributed by atoms with van der Waals surface area (Å²) < 4.78 is 3.60. The van der Waals surface area contributed by atoms with E-state index >= 15 is 0 Å². The van der Waals surface area contributed by atoms with Crippen LogP contribution >= 0.6 is 0 Å². The minimum atomic E-state index is -0.108. The Balaban J connectivity index is 1.43. The Morgan fingerprint density at radius 2 is 1.97 bits per heavy atom. The Morgan fingerprint density at radius 3 is 2.72 bits per heavy atom. The second-order valence-corrected chi connectivity index (χ2v) is 8.64. The van der Waals surface area contributed by atoms with Gasteiger partial charge in [0.05, 0.1) is 17.3 Å². The molecule has 1 saturated heterocycles. The quantitative estimate of drug-likeness (QED) is 0.590. The van der Waals surface area contributed by atoms with E-state index in [9.17, 15) is 9.59 Å². The highest BCUT2D eigenvalue weighted by atomic mass is 16.1. The number of hydrogen-bond acceptors (Lipinski definition) is 4. The summed E-state index contributed by atoms with van der Waals surface area (Å²) in [6.07, 6.45) is 5.37. The van der Waals surface area contributed by atoms with Crippen molar-refractivity contribution in [2.75, 3.05) is 19.6 Å². The van der Waals surface area contributed by atoms with Crippen molar-refractivity contribution in [2.45, 2.75) is 59.0 Å². The second kappa shape index (κ2) is 9.69. The Hall–Kier alpha value is -2.93. The van der Waals surface area contributed by atoms with Gasteiger partial charge >= 0.3 is 0 Å². The molecule has 0 bridgehead atoms. The van der Waals surface area contributed by atoms with Crippen LogP contribution in [0.5, 0.6) is 0 Å². The molecule has 1 aliphatic heterocycles. The molecule has 32 heavy (non-hydrogen) atoms. The van der Waals surface area contributed by atoms with E-state index in [2.05, 4.69) is 26.8 Å². The van der Waals surface area contributed by atoms with Crippen LogP contribution in [-0.2, 0) is 11.3 Å². The fourth-order valence-corrected chi connectivity index (χ4v) is 4.96. The lowest BCUT2D eigenvalue weighted by atomic mass is 10.2. The van der Waals surface area contributed by atoms with Crippen molar-refractivity contribution in [1.82, 2.24) is 24.6 Å². The molecule has 1 atom stereocenters. The highest BCUT2D eigenvalue weighted by Crippen LogP contribution is 2.23. The van der Waals surface area contributed by atoms with E-state index in [1.165, 1.54) is 11.1 Å². The van der Waals surface area contributed by atoms with E-state index < -0.39 is 0 Å². The van der Waals surface area contributed by atoms with Gasteiger partial charge in [-0.3, -0.25) is 14.5 Å². The molecular formula is C25H33N5O2. The minimum absolute atomic E-state index is 0.105. The molecule has 3 aromatic rings. The summed E-state index contributed by atoms with van der Waals surface area (Å²) in [6, 6.07) is 9.95. The van der Waals surface area contributed by atoms with Gasteiger partial charge in [-0.15, -0.1) is 0 Å². The van der Waals surface area contributed by atoms with Crippen LogP contribution in [0.4, 0.5) is 0 Å². The lowest BCUT2D eigenvalue weighted by Gasteiger charge is -2.22. The molecule has 1 amide bonds. The number of nitrogens with one attached hydrogen (secondary N) is 1. The molecule has 4 rings (SSSR count). The SMILES string of the molecule is CCN1CCC[C@@H]1CNC(=O)CCCn1c(C)c2cnn(-c3ccccc3)c(=O)c2c1C.